The molecule has 0 spiro atoms. The van der Waals surface area contributed by atoms with Gasteiger partial charge in [0.05, 0.1) is 13.2 Å². The average molecular weight is 932 g/mol. The van der Waals surface area contributed by atoms with Gasteiger partial charge >= 0.3 is 37.7 Å². The Morgan fingerprint density at radius 3 is 0.803 bits per heavy atom. The van der Waals surface area contributed by atoms with Crippen molar-refractivity contribution in [1.82, 2.24) is 0 Å². The molecule has 0 bridgehead atoms. The Kier molecular flexibility index (Phi) is 55.5. The predicted molar refractivity (Wildman–Crippen MR) is 260 cm³/mol. The number of hydrogen-bond donors (Lipinski definition) is 0. The number of allylic oxidation sites excluding steroid dienone is 2. The van der Waals surface area contributed by atoms with E-state index < -0.39 is 20.8 Å². The molecule has 2 atom stereocenters. The first-order valence-corrected chi connectivity index (χ1v) is 28.2. The van der Waals surface area contributed by atoms with Gasteiger partial charge in [-0.1, -0.05) is 257 Å². The third-order valence-electron chi connectivity index (χ3n) is 11.5. The van der Waals surface area contributed by atoms with E-state index in [2.05, 4.69) is 60.4 Å². The molecule has 0 saturated carbocycles. The summed E-state index contributed by atoms with van der Waals surface area (Å²) in [6, 6.07) is 0. The van der Waals surface area contributed by atoms with Gasteiger partial charge in [0.25, 0.3) is 0 Å². The molecule has 0 rings (SSSR count). The fraction of sp³-hybridized carbons (Fsp3) is 0.920. The summed E-state index contributed by atoms with van der Waals surface area (Å²) in [6.07, 6.45) is 56.0. The molecule has 0 aromatic carbocycles. The molecule has 61 heavy (non-hydrogen) atoms. The van der Waals surface area contributed by atoms with Gasteiger partial charge in [-0.3, -0.25) is 8.37 Å². The van der Waals surface area contributed by atoms with Crippen molar-refractivity contribution in [2.75, 3.05) is 13.2 Å². The standard InChI is InChI=1S/2C25H50O4S.Ca/c2*1-3-5-7-9-11-12-13-14-15-17-19-21-23-25(24-29-30(26,27)28)22-20-18-16-10-8-6-4-2;/h2*21,23,25H,3-20,22,24H2,1-2H3,(H,26,27,28);/q;;+2/p-2/b2*23-21+;. The molecule has 0 aliphatic carbocycles. The topological polar surface area (TPSA) is 133 Å². The first kappa shape index (κ1) is 65.8. The maximum absolute atomic E-state index is 10.8. The van der Waals surface area contributed by atoms with Crippen LogP contribution in [0.15, 0.2) is 24.3 Å². The molecule has 0 saturated heterocycles. The summed E-state index contributed by atoms with van der Waals surface area (Å²) in [5.74, 6) is 0.0416. The van der Waals surface area contributed by atoms with Crippen LogP contribution in [-0.2, 0) is 29.2 Å². The summed E-state index contributed by atoms with van der Waals surface area (Å²) >= 11 is 0. The first-order chi connectivity index (χ1) is 29.0. The van der Waals surface area contributed by atoms with Gasteiger partial charge < -0.3 is 9.11 Å². The molecule has 360 valence electrons. The van der Waals surface area contributed by atoms with Crippen molar-refractivity contribution in [3.8, 4) is 0 Å². The molecule has 0 aromatic rings. The van der Waals surface area contributed by atoms with E-state index in [1.165, 1.54) is 193 Å². The second kappa shape index (κ2) is 51.5. The van der Waals surface area contributed by atoms with Crippen molar-refractivity contribution < 1.29 is 34.3 Å². The van der Waals surface area contributed by atoms with Crippen LogP contribution in [-0.4, -0.2) is 76.9 Å². The molecular formula is C50H98CaO8S2. The van der Waals surface area contributed by atoms with Crippen LogP contribution >= 0.6 is 0 Å². The molecule has 0 fully saturated rings. The van der Waals surface area contributed by atoms with Crippen LogP contribution < -0.4 is 0 Å². The van der Waals surface area contributed by atoms with Crippen LogP contribution in [0.1, 0.15) is 272 Å². The Morgan fingerprint density at radius 1 is 0.361 bits per heavy atom. The Balaban J connectivity index is -0.00000109. The van der Waals surface area contributed by atoms with Gasteiger partial charge in [0, 0.05) is 11.8 Å². The van der Waals surface area contributed by atoms with Gasteiger partial charge in [-0.25, -0.2) is 16.8 Å². The number of unbranched alkanes of at least 4 members (excludes halogenated alkanes) is 32. The third-order valence-corrected chi connectivity index (χ3v) is 12.3. The van der Waals surface area contributed by atoms with Crippen LogP contribution in [0.2, 0.25) is 0 Å². The molecular weight excluding hydrogens is 833 g/mol. The average Bonchev–Trinajstić information content (AvgIpc) is 3.21. The van der Waals surface area contributed by atoms with Gasteiger partial charge in [-0.15, -0.1) is 0 Å². The molecule has 2 unspecified atom stereocenters. The molecule has 0 aliphatic heterocycles. The second-order valence-electron chi connectivity index (χ2n) is 17.5. The Hall–Kier alpha value is 0.480. The number of hydrogen-bond acceptors (Lipinski definition) is 8. The quantitative estimate of drug-likeness (QED) is 0.0194. The fourth-order valence-electron chi connectivity index (χ4n) is 7.62. The Labute approximate surface area is 410 Å². The maximum atomic E-state index is 10.8. The summed E-state index contributed by atoms with van der Waals surface area (Å²) < 4.78 is 73.8. The molecule has 0 heterocycles. The molecule has 0 aliphatic rings. The van der Waals surface area contributed by atoms with Gasteiger partial charge in [0.2, 0.25) is 20.8 Å². The van der Waals surface area contributed by atoms with E-state index in [-0.39, 0.29) is 62.8 Å². The third kappa shape index (κ3) is 60.5. The Bertz CT molecular complexity index is 1040. The monoisotopic (exact) mass is 931 g/mol. The second-order valence-corrected chi connectivity index (χ2v) is 19.6. The zero-order valence-corrected chi connectivity index (χ0v) is 44.4. The van der Waals surface area contributed by atoms with Crippen LogP contribution in [0.3, 0.4) is 0 Å². The summed E-state index contributed by atoms with van der Waals surface area (Å²) in [5, 5.41) is 0. The van der Waals surface area contributed by atoms with Crippen LogP contribution in [0.5, 0.6) is 0 Å². The summed E-state index contributed by atoms with van der Waals surface area (Å²) in [4.78, 5) is 0. The minimum Gasteiger partial charge on any atom is -0.726 e. The SMILES string of the molecule is CCCCCCCCCCCC/C=C/C(CCCCCCCCC)COS(=O)(=O)[O-].CCCCCCCCCCCC/C=C/C(CCCCCCCCC)COS(=O)(=O)[O-].[Ca+2]. The smallest absolute Gasteiger partial charge is 0.726 e. The van der Waals surface area contributed by atoms with Gasteiger partial charge in [0.1, 0.15) is 0 Å². The van der Waals surface area contributed by atoms with E-state index in [1.54, 1.807) is 0 Å². The molecule has 11 heteroatoms. The fourth-order valence-corrected chi connectivity index (χ4v) is 8.30. The summed E-state index contributed by atoms with van der Waals surface area (Å²) in [5.41, 5.74) is 0. The molecule has 0 N–H and O–H groups in total. The van der Waals surface area contributed by atoms with Gasteiger partial charge in [-0.2, -0.15) is 0 Å². The molecule has 0 aromatic heterocycles. The van der Waals surface area contributed by atoms with Crippen molar-refractivity contribution in [3.63, 3.8) is 0 Å². The zero-order valence-electron chi connectivity index (χ0n) is 40.5. The van der Waals surface area contributed by atoms with Gasteiger partial charge in [-0.05, 0) is 38.5 Å². The summed E-state index contributed by atoms with van der Waals surface area (Å²) in [7, 11) is -9.21. The maximum Gasteiger partial charge on any atom is 2.00 e. The van der Waals surface area contributed by atoms with Gasteiger partial charge in [0.15, 0.2) is 0 Å². The van der Waals surface area contributed by atoms with Crippen LogP contribution in [0.4, 0.5) is 0 Å². The Morgan fingerprint density at radius 2 is 0.574 bits per heavy atom. The summed E-state index contributed by atoms with van der Waals surface area (Å²) in [6.45, 7) is 8.91. The molecule has 0 amide bonds. The van der Waals surface area contributed by atoms with Crippen molar-refractivity contribution in [2.24, 2.45) is 11.8 Å². The largest absolute Gasteiger partial charge is 2.00 e. The van der Waals surface area contributed by atoms with Crippen molar-refractivity contribution in [2.45, 2.75) is 272 Å². The first-order valence-electron chi connectivity index (χ1n) is 25.5. The normalized spacial score (nSPS) is 13.1. The predicted octanol–water partition coefficient (Wildman–Crippen LogP) is 15.8. The zero-order chi connectivity index (χ0) is 44.7. The molecule has 0 radical (unpaired) electrons. The van der Waals surface area contributed by atoms with Crippen molar-refractivity contribution in [3.05, 3.63) is 24.3 Å². The van der Waals surface area contributed by atoms with E-state index in [1.807, 2.05) is 0 Å². The van der Waals surface area contributed by atoms with Crippen molar-refractivity contribution >= 4 is 58.5 Å². The van der Waals surface area contributed by atoms with Crippen LogP contribution in [0, 0.1) is 11.8 Å². The van der Waals surface area contributed by atoms with Crippen molar-refractivity contribution in [1.29, 1.82) is 0 Å². The van der Waals surface area contributed by atoms with E-state index >= 15 is 0 Å². The minimum atomic E-state index is -4.60. The van der Waals surface area contributed by atoms with Crippen LogP contribution in [0.25, 0.3) is 0 Å². The molecule has 8 nitrogen and oxygen atoms in total. The van der Waals surface area contributed by atoms with E-state index in [0.717, 1.165) is 51.4 Å². The minimum absolute atomic E-state index is 0. The number of rotatable bonds is 46. The van der Waals surface area contributed by atoms with E-state index in [0.29, 0.717) is 0 Å². The van der Waals surface area contributed by atoms with E-state index in [9.17, 15) is 25.9 Å². The van der Waals surface area contributed by atoms with E-state index in [4.69, 9.17) is 0 Å².